The maximum atomic E-state index is 12.8. The second-order valence-electron chi connectivity index (χ2n) is 8.02. The summed E-state index contributed by atoms with van der Waals surface area (Å²) in [5, 5.41) is 35.1. The molecule has 2 heterocycles. The van der Waals surface area contributed by atoms with Crippen molar-refractivity contribution in [1.29, 1.82) is 5.26 Å². The van der Waals surface area contributed by atoms with E-state index in [0.717, 1.165) is 34.5 Å². The van der Waals surface area contributed by atoms with Crippen molar-refractivity contribution < 1.29 is 19.8 Å². The second kappa shape index (κ2) is 10.6. The third-order valence-corrected chi connectivity index (χ3v) is 6.75. The molecule has 1 saturated heterocycles. The van der Waals surface area contributed by atoms with Gasteiger partial charge >= 0.3 is 0 Å². The lowest BCUT2D eigenvalue weighted by Gasteiger charge is -2.27. The molecule has 3 N–H and O–H groups in total. The van der Waals surface area contributed by atoms with Crippen LogP contribution in [0, 0.1) is 11.3 Å². The van der Waals surface area contributed by atoms with E-state index in [1.807, 2.05) is 29.6 Å². The maximum absolute atomic E-state index is 12.8. The lowest BCUT2D eigenvalue weighted by Crippen LogP contribution is -2.50. The van der Waals surface area contributed by atoms with E-state index in [0.29, 0.717) is 12.1 Å². The van der Waals surface area contributed by atoms with Gasteiger partial charge in [0.1, 0.15) is 5.01 Å². The quantitative estimate of drug-likeness (QED) is 0.481. The van der Waals surface area contributed by atoms with Crippen molar-refractivity contribution in [2.75, 3.05) is 6.54 Å². The van der Waals surface area contributed by atoms with E-state index in [2.05, 4.69) is 16.4 Å². The van der Waals surface area contributed by atoms with E-state index in [4.69, 9.17) is 0 Å². The molecule has 1 aromatic heterocycles. The maximum Gasteiger partial charge on any atom is 0.255 e. The molecule has 0 unspecified atom stereocenters. The van der Waals surface area contributed by atoms with Gasteiger partial charge in [0.2, 0.25) is 0 Å². The Morgan fingerprint density at radius 1 is 1.18 bits per heavy atom. The summed E-state index contributed by atoms with van der Waals surface area (Å²) in [5.41, 5.74) is 3.02. The number of carbonyl (C=O) groups excluding carboxylic acids is 2. The molecule has 0 spiro atoms. The minimum absolute atomic E-state index is 0.114. The van der Waals surface area contributed by atoms with Gasteiger partial charge < -0.3 is 20.4 Å². The van der Waals surface area contributed by atoms with Gasteiger partial charge in [-0.3, -0.25) is 9.59 Å². The van der Waals surface area contributed by atoms with Crippen molar-refractivity contribution in [2.24, 2.45) is 0 Å². The average Bonchev–Trinajstić information content (AvgIpc) is 3.58. The van der Waals surface area contributed by atoms with Gasteiger partial charge in [0, 0.05) is 24.7 Å². The number of nitrogens with one attached hydrogen (secondary N) is 1. The number of benzene rings is 2. The number of nitrogens with zero attached hydrogens (tertiary/aromatic N) is 3. The molecule has 9 heteroatoms. The smallest absolute Gasteiger partial charge is 0.255 e. The zero-order valence-electron chi connectivity index (χ0n) is 18.3. The number of amides is 2. The Hall–Kier alpha value is -3.58. The molecule has 0 bridgehead atoms. The molecule has 1 aliphatic rings. The molecule has 3 atom stereocenters. The molecule has 4 rings (SSSR count). The highest BCUT2D eigenvalue weighted by Gasteiger charge is 2.39. The molecule has 8 nitrogen and oxygen atoms in total. The van der Waals surface area contributed by atoms with Crippen molar-refractivity contribution in [3.63, 3.8) is 0 Å². The van der Waals surface area contributed by atoms with Crippen LogP contribution in [0.4, 0.5) is 0 Å². The summed E-state index contributed by atoms with van der Waals surface area (Å²) in [6.45, 7) is 0.554. The third-order valence-electron chi connectivity index (χ3n) is 5.87. The van der Waals surface area contributed by atoms with Gasteiger partial charge in [-0.2, -0.15) is 5.26 Å². The highest BCUT2D eigenvalue weighted by Crippen LogP contribution is 2.33. The summed E-state index contributed by atoms with van der Waals surface area (Å²) in [6.07, 6.45) is -0.588. The van der Waals surface area contributed by atoms with E-state index < -0.39 is 24.0 Å². The van der Waals surface area contributed by atoms with Crippen LogP contribution in [-0.2, 0) is 16.1 Å². The van der Waals surface area contributed by atoms with Crippen LogP contribution in [0.2, 0.25) is 0 Å². The molecule has 0 aliphatic carbocycles. The van der Waals surface area contributed by atoms with E-state index in [1.54, 1.807) is 30.5 Å². The molecule has 1 fully saturated rings. The minimum Gasteiger partial charge on any atom is -0.380 e. The Kier molecular flexibility index (Phi) is 7.33. The molecule has 3 aromatic rings. The molecule has 2 amide bonds. The van der Waals surface area contributed by atoms with E-state index in [1.165, 1.54) is 16.2 Å². The number of likely N-dealkylation sites (tertiary alicyclic amines) is 1. The zero-order chi connectivity index (χ0) is 24.1. The topological polar surface area (TPSA) is 127 Å². The van der Waals surface area contributed by atoms with Crippen LogP contribution in [0.1, 0.15) is 35.0 Å². The highest BCUT2D eigenvalue weighted by atomic mass is 32.1. The van der Waals surface area contributed by atoms with Crippen molar-refractivity contribution >= 4 is 23.2 Å². The molecule has 34 heavy (non-hydrogen) atoms. The first-order valence-electron chi connectivity index (χ1n) is 10.9. The fourth-order valence-corrected chi connectivity index (χ4v) is 4.85. The number of hydrogen-bond acceptors (Lipinski definition) is 7. The van der Waals surface area contributed by atoms with Crippen LogP contribution in [0.3, 0.4) is 0 Å². The van der Waals surface area contributed by atoms with Crippen molar-refractivity contribution in [3.8, 4) is 17.2 Å². The van der Waals surface area contributed by atoms with Crippen LogP contribution in [0.25, 0.3) is 11.1 Å². The number of aromatic nitrogens is 1. The summed E-state index contributed by atoms with van der Waals surface area (Å²) in [5.74, 6) is -1.51. The average molecular weight is 477 g/mol. The number of thiazole rings is 1. The van der Waals surface area contributed by atoms with Gasteiger partial charge in [-0.05, 0) is 35.6 Å². The lowest BCUT2D eigenvalue weighted by atomic mass is 9.99. The minimum atomic E-state index is -1.88. The Morgan fingerprint density at radius 3 is 2.65 bits per heavy atom. The summed E-state index contributed by atoms with van der Waals surface area (Å²) in [4.78, 5) is 30.9. The first kappa shape index (κ1) is 23.6. The standard InChI is InChI=1S/C25H24N4O4S/c26-14-18-4-1-2-5-19(18)17-9-7-16(8-10-17)15-28-23(32)21(30)22(31)25(33)29-12-3-6-20(29)24-27-11-13-34-24/h1-2,4-5,7-11,13,20-22,30-31H,3,6,12,15H2,(H,28,32)/t20-,21+,22+/m0/s1. The van der Waals surface area contributed by atoms with Crippen LogP contribution in [0.5, 0.6) is 0 Å². The van der Waals surface area contributed by atoms with Crippen LogP contribution in [0.15, 0.2) is 60.1 Å². The Balaban J connectivity index is 1.34. The molecule has 0 radical (unpaired) electrons. The molecule has 2 aromatic carbocycles. The molecule has 0 saturated carbocycles. The normalized spacial score (nSPS) is 17.1. The summed E-state index contributed by atoms with van der Waals surface area (Å²) in [7, 11) is 0. The van der Waals surface area contributed by atoms with Gasteiger partial charge in [-0.25, -0.2) is 4.98 Å². The van der Waals surface area contributed by atoms with Gasteiger partial charge in [0.15, 0.2) is 12.2 Å². The van der Waals surface area contributed by atoms with E-state index in [9.17, 15) is 25.1 Å². The predicted octanol–water partition coefficient (Wildman–Crippen LogP) is 2.38. The van der Waals surface area contributed by atoms with Crippen molar-refractivity contribution in [3.05, 3.63) is 76.2 Å². The van der Waals surface area contributed by atoms with Gasteiger partial charge in [-0.1, -0.05) is 42.5 Å². The summed E-state index contributed by atoms with van der Waals surface area (Å²) in [6, 6.07) is 16.5. The number of aliphatic hydroxyl groups is 2. The fourth-order valence-electron chi connectivity index (χ4n) is 4.06. The number of rotatable bonds is 7. The Morgan fingerprint density at radius 2 is 1.94 bits per heavy atom. The molecule has 174 valence electrons. The first-order chi connectivity index (χ1) is 16.5. The predicted molar refractivity (Wildman–Crippen MR) is 126 cm³/mol. The monoisotopic (exact) mass is 476 g/mol. The van der Waals surface area contributed by atoms with Gasteiger partial charge in [-0.15, -0.1) is 11.3 Å². The Labute approximate surface area is 201 Å². The van der Waals surface area contributed by atoms with Crippen LogP contribution in [-0.4, -0.2) is 50.7 Å². The van der Waals surface area contributed by atoms with Crippen molar-refractivity contribution in [2.45, 2.75) is 37.6 Å². The number of aliphatic hydroxyl groups excluding tert-OH is 2. The Bertz CT molecular complexity index is 1190. The van der Waals surface area contributed by atoms with Gasteiger partial charge in [0.05, 0.1) is 17.7 Å². The van der Waals surface area contributed by atoms with Crippen molar-refractivity contribution in [1.82, 2.24) is 15.2 Å². The molecule has 1 aliphatic heterocycles. The number of nitriles is 1. The highest BCUT2D eigenvalue weighted by molar-refractivity contribution is 7.09. The van der Waals surface area contributed by atoms with E-state index in [-0.39, 0.29) is 12.6 Å². The zero-order valence-corrected chi connectivity index (χ0v) is 19.1. The lowest BCUT2D eigenvalue weighted by molar-refractivity contribution is -0.153. The fraction of sp³-hybridized carbons (Fsp3) is 0.280. The number of hydrogen-bond donors (Lipinski definition) is 3. The molecular formula is C25H24N4O4S. The van der Waals surface area contributed by atoms with Gasteiger partial charge in [0.25, 0.3) is 11.8 Å². The summed E-state index contributed by atoms with van der Waals surface area (Å²) < 4.78 is 0. The number of carbonyl (C=O) groups is 2. The SMILES string of the molecule is N#Cc1ccccc1-c1ccc(CNC(=O)[C@H](O)[C@@H](O)C(=O)N2CCC[C@H]2c2nccs2)cc1. The third kappa shape index (κ3) is 4.99. The molecular weight excluding hydrogens is 452 g/mol. The summed E-state index contributed by atoms with van der Waals surface area (Å²) >= 11 is 1.43. The second-order valence-corrected chi connectivity index (χ2v) is 8.95. The largest absolute Gasteiger partial charge is 0.380 e. The van der Waals surface area contributed by atoms with E-state index >= 15 is 0 Å². The first-order valence-corrected chi connectivity index (χ1v) is 11.8. The van der Waals surface area contributed by atoms with Crippen LogP contribution >= 0.6 is 11.3 Å². The van der Waals surface area contributed by atoms with Crippen LogP contribution < -0.4 is 5.32 Å².